The predicted molar refractivity (Wildman–Crippen MR) is 83.1 cm³/mol. The van der Waals surface area contributed by atoms with Crippen LogP contribution in [-0.2, 0) is 19.1 Å². The van der Waals surface area contributed by atoms with Crippen LogP contribution in [0.4, 0.5) is 5.69 Å². The van der Waals surface area contributed by atoms with Crippen LogP contribution in [0.3, 0.4) is 0 Å². The normalized spacial score (nSPS) is 10.8. The monoisotopic (exact) mass is 389 g/mol. The van der Waals surface area contributed by atoms with Crippen LogP contribution in [0.2, 0.25) is 0 Å². The minimum absolute atomic E-state index is 0.0135. The molecule has 1 aromatic rings. The molecule has 0 aliphatic heterocycles. The lowest BCUT2D eigenvalue weighted by Gasteiger charge is -2.25. The summed E-state index contributed by atoms with van der Waals surface area (Å²) in [5.74, 6) is -2.23. The molecular formula is C14H16BrNO7. The molecule has 9 heteroatoms. The molecule has 0 saturated heterocycles. The summed E-state index contributed by atoms with van der Waals surface area (Å²) in [6, 6.07) is 3.96. The smallest absolute Gasteiger partial charge is 0.362 e. The first-order chi connectivity index (χ1) is 10.8. The molecule has 0 spiro atoms. The van der Waals surface area contributed by atoms with E-state index in [-0.39, 0.29) is 19.0 Å². The van der Waals surface area contributed by atoms with Crippen LogP contribution < -0.4 is 4.74 Å². The fraction of sp³-hybridized carbons (Fsp3) is 0.429. The van der Waals surface area contributed by atoms with Crippen LogP contribution in [0.1, 0.15) is 20.8 Å². The fourth-order valence-corrected chi connectivity index (χ4v) is 1.99. The summed E-state index contributed by atoms with van der Waals surface area (Å²) in [6.07, 6.45) is 0. The van der Waals surface area contributed by atoms with Crippen molar-refractivity contribution < 1.29 is 28.7 Å². The Morgan fingerprint density at radius 1 is 1.22 bits per heavy atom. The maximum absolute atomic E-state index is 12.1. The molecule has 0 amide bonds. The van der Waals surface area contributed by atoms with Crippen LogP contribution in [-0.4, -0.2) is 35.7 Å². The summed E-state index contributed by atoms with van der Waals surface area (Å²) >= 11 is 3.11. The van der Waals surface area contributed by atoms with Gasteiger partial charge in [0, 0.05) is 10.5 Å². The second kappa shape index (κ2) is 7.91. The van der Waals surface area contributed by atoms with E-state index in [4.69, 9.17) is 14.2 Å². The number of nitrogens with zero attached hydrogens (tertiary/aromatic N) is 1. The molecular weight excluding hydrogens is 374 g/mol. The van der Waals surface area contributed by atoms with Gasteiger partial charge in [-0.05, 0) is 32.9 Å². The van der Waals surface area contributed by atoms with Gasteiger partial charge in [0.15, 0.2) is 5.75 Å². The Hall–Kier alpha value is -2.16. The van der Waals surface area contributed by atoms with E-state index >= 15 is 0 Å². The van der Waals surface area contributed by atoms with Gasteiger partial charge in [0.2, 0.25) is 0 Å². The molecule has 1 rings (SSSR count). The highest BCUT2D eigenvalue weighted by atomic mass is 79.9. The van der Waals surface area contributed by atoms with Crippen molar-refractivity contribution in [1.82, 2.24) is 0 Å². The van der Waals surface area contributed by atoms with Crippen molar-refractivity contribution in [1.29, 1.82) is 0 Å². The molecule has 0 aliphatic rings. The van der Waals surface area contributed by atoms with Gasteiger partial charge >= 0.3 is 17.6 Å². The van der Waals surface area contributed by atoms with Crippen molar-refractivity contribution in [2.45, 2.75) is 26.4 Å². The van der Waals surface area contributed by atoms with Crippen LogP contribution in [0, 0.1) is 10.1 Å². The zero-order valence-electron chi connectivity index (χ0n) is 12.8. The fourth-order valence-electron chi connectivity index (χ4n) is 1.64. The summed E-state index contributed by atoms with van der Waals surface area (Å²) in [5, 5.41) is 11.1. The largest absolute Gasteiger partial charge is 0.463 e. The highest BCUT2D eigenvalue weighted by molar-refractivity contribution is 9.10. The summed E-state index contributed by atoms with van der Waals surface area (Å²) < 4.78 is 15.5. The summed E-state index contributed by atoms with van der Waals surface area (Å²) in [7, 11) is 0. The van der Waals surface area contributed by atoms with Gasteiger partial charge in [-0.3, -0.25) is 10.1 Å². The molecule has 0 aromatic heterocycles. The van der Waals surface area contributed by atoms with E-state index in [1.807, 2.05) is 0 Å². The number of esters is 2. The standard InChI is InChI=1S/C14H16BrNO7/c1-4-21-12(17)14(3,13(18)22-5-2)23-11-7-6-9(15)8-10(11)16(19)20/h6-8H,4-5H2,1-3H3. The minimum Gasteiger partial charge on any atom is -0.463 e. The van der Waals surface area contributed by atoms with Gasteiger partial charge in [-0.15, -0.1) is 0 Å². The second-order valence-electron chi connectivity index (χ2n) is 4.45. The van der Waals surface area contributed by atoms with Gasteiger partial charge in [-0.2, -0.15) is 0 Å². The van der Waals surface area contributed by atoms with E-state index in [2.05, 4.69) is 15.9 Å². The first kappa shape index (κ1) is 18.9. The van der Waals surface area contributed by atoms with E-state index in [1.54, 1.807) is 13.8 Å². The summed E-state index contributed by atoms with van der Waals surface area (Å²) in [6.45, 7) is 4.30. The molecule has 8 nitrogen and oxygen atoms in total. The van der Waals surface area contributed by atoms with Crippen LogP contribution in [0.15, 0.2) is 22.7 Å². The second-order valence-corrected chi connectivity index (χ2v) is 5.36. The Morgan fingerprint density at radius 3 is 2.17 bits per heavy atom. The molecule has 23 heavy (non-hydrogen) atoms. The van der Waals surface area contributed by atoms with E-state index < -0.39 is 28.2 Å². The van der Waals surface area contributed by atoms with E-state index in [0.717, 1.165) is 6.92 Å². The van der Waals surface area contributed by atoms with E-state index in [1.165, 1.54) is 18.2 Å². The lowest BCUT2D eigenvalue weighted by Crippen LogP contribution is -2.51. The maximum Gasteiger partial charge on any atom is 0.362 e. The summed E-state index contributed by atoms with van der Waals surface area (Å²) in [4.78, 5) is 34.7. The molecule has 0 atom stereocenters. The highest BCUT2D eigenvalue weighted by Crippen LogP contribution is 2.33. The quantitative estimate of drug-likeness (QED) is 0.305. The first-order valence-electron chi connectivity index (χ1n) is 6.73. The Balaban J connectivity index is 3.28. The van der Waals surface area contributed by atoms with Crippen molar-refractivity contribution in [2.24, 2.45) is 0 Å². The van der Waals surface area contributed by atoms with Gasteiger partial charge in [0.1, 0.15) is 0 Å². The van der Waals surface area contributed by atoms with Gasteiger partial charge < -0.3 is 14.2 Å². The van der Waals surface area contributed by atoms with Crippen molar-refractivity contribution >= 4 is 33.6 Å². The van der Waals surface area contributed by atoms with Crippen LogP contribution in [0.25, 0.3) is 0 Å². The van der Waals surface area contributed by atoms with Crippen molar-refractivity contribution in [3.05, 3.63) is 32.8 Å². The topological polar surface area (TPSA) is 105 Å². The number of nitro groups is 1. The Kier molecular flexibility index (Phi) is 6.49. The lowest BCUT2D eigenvalue weighted by atomic mass is 10.1. The first-order valence-corrected chi connectivity index (χ1v) is 7.53. The van der Waals surface area contributed by atoms with Crippen molar-refractivity contribution in [3.63, 3.8) is 0 Å². The van der Waals surface area contributed by atoms with Crippen molar-refractivity contribution in [2.75, 3.05) is 13.2 Å². The van der Waals surface area contributed by atoms with Crippen LogP contribution in [0.5, 0.6) is 5.75 Å². The molecule has 0 heterocycles. The van der Waals surface area contributed by atoms with Crippen molar-refractivity contribution in [3.8, 4) is 5.75 Å². The van der Waals surface area contributed by atoms with Gasteiger partial charge in [-0.1, -0.05) is 15.9 Å². The highest BCUT2D eigenvalue weighted by Gasteiger charge is 2.48. The van der Waals surface area contributed by atoms with E-state index in [0.29, 0.717) is 4.47 Å². The number of hydrogen-bond donors (Lipinski definition) is 0. The lowest BCUT2D eigenvalue weighted by molar-refractivity contribution is -0.386. The molecule has 0 N–H and O–H groups in total. The number of halogens is 1. The molecule has 0 bridgehead atoms. The third kappa shape index (κ3) is 4.41. The molecule has 1 aromatic carbocycles. The minimum atomic E-state index is -2.15. The molecule has 0 radical (unpaired) electrons. The van der Waals surface area contributed by atoms with Gasteiger partial charge in [-0.25, -0.2) is 9.59 Å². The third-order valence-corrected chi connectivity index (χ3v) is 3.25. The van der Waals surface area contributed by atoms with Gasteiger partial charge in [0.05, 0.1) is 18.1 Å². The number of carbonyl (C=O) groups is 2. The number of benzene rings is 1. The third-order valence-electron chi connectivity index (χ3n) is 2.76. The summed E-state index contributed by atoms with van der Waals surface area (Å²) in [5.41, 5.74) is -2.55. The SMILES string of the molecule is CCOC(=O)C(C)(Oc1ccc(Br)cc1[N+](=O)[O-])C(=O)OCC. The number of hydrogen-bond acceptors (Lipinski definition) is 7. The average molecular weight is 390 g/mol. The average Bonchev–Trinajstić information content (AvgIpc) is 2.49. The zero-order valence-corrected chi connectivity index (χ0v) is 14.4. The molecule has 0 unspecified atom stereocenters. The number of rotatable bonds is 7. The van der Waals surface area contributed by atoms with Gasteiger partial charge in [0.25, 0.3) is 5.60 Å². The predicted octanol–water partition coefficient (Wildman–Crippen LogP) is 2.62. The Labute approximate surface area is 141 Å². The molecule has 126 valence electrons. The zero-order chi connectivity index (χ0) is 17.6. The van der Waals surface area contributed by atoms with E-state index in [9.17, 15) is 19.7 Å². The maximum atomic E-state index is 12.1. The number of nitro benzene ring substituents is 1. The molecule has 0 aliphatic carbocycles. The number of carbonyl (C=O) groups excluding carboxylic acids is 2. The van der Waals surface area contributed by atoms with Crippen LogP contribution >= 0.6 is 15.9 Å². The Morgan fingerprint density at radius 2 is 1.74 bits per heavy atom. The molecule has 0 saturated carbocycles. The molecule has 0 fully saturated rings. The Bertz CT molecular complexity index is 599. The number of ether oxygens (including phenoxy) is 3.